The normalized spacial score (nSPS) is 10.9. The molecule has 0 saturated heterocycles. The molecule has 0 bridgehead atoms. The Labute approximate surface area is 242 Å². The molecule has 4 rings (SSSR count). The van der Waals surface area contributed by atoms with E-state index in [9.17, 15) is 9.59 Å². The third kappa shape index (κ3) is 7.82. The number of nitrogens with one attached hydrogen (secondary N) is 1. The minimum absolute atomic E-state index is 0.0576. The van der Waals surface area contributed by atoms with Crippen LogP contribution in [0.15, 0.2) is 84.9 Å². The Morgan fingerprint density at radius 3 is 2.27 bits per heavy atom. The summed E-state index contributed by atoms with van der Waals surface area (Å²) < 4.78 is 1.68. The predicted octanol–water partition coefficient (Wildman–Crippen LogP) is 7.81. The van der Waals surface area contributed by atoms with E-state index in [2.05, 4.69) is 12.2 Å². The van der Waals surface area contributed by atoms with Gasteiger partial charge in [-0.2, -0.15) is 5.10 Å². The van der Waals surface area contributed by atoms with Crippen molar-refractivity contribution in [1.82, 2.24) is 14.7 Å². The van der Waals surface area contributed by atoms with Crippen molar-refractivity contribution in [2.24, 2.45) is 0 Å². The van der Waals surface area contributed by atoms with E-state index in [0.29, 0.717) is 22.9 Å². The van der Waals surface area contributed by atoms with Crippen LogP contribution in [-0.2, 0) is 11.2 Å². The number of hydrogen-bond acceptors (Lipinski definition) is 3. The number of unbranched alkanes of at least 4 members (excludes halogenated alkanes) is 3. The fraction of sp³-hybridized carbons (Fsp3) is 0.303. The van der Waals surface area contributed by atoms with Gasteiger partial charge < -0.3 is 10.2 Å². The van der Waals surface area contributed by atoms with Gasteiger partial charge in [0, 0.05) is 28.8 Å². The number of benzene rings is 3. The summed E-state index contributed by atoms with van der Waals surface area (Å²) in [5.74, 6) is 0.0808. The van der Waals surface area contributed by atoms with Crippen LogP contribution in [0.3, 0.4) is 0 Å². The Kier molecular flexibility index (Phi) is 10.5. The summed E-state index contributed by atoms with van der Waals surface area (Å²) in [6.07, 6.45) is 6.60. The second-order valence-electron chi connectivity index (χ2n) is 9.95. The highest BCUT2D eigenvalue weighted by atomic mass is 35.5. The number of aromatic nitrogens is 2. The summed E-state index contributed by atoms with van der Waals surface area (Å²) in [4.78, 5) is 28.2. The molecule has 0 aliphatic carbocycles. The lowest BCUT2D eigenvalue weighted by molar-refractivity contribution is -0.116. The molecule has 3 aromatic carbocycles. The van der Waals surface area contributed by atoms with E-state index in [1.54, 1.807) is 21.7 Å². The molecule has 0 saturated carbocycles. The lowest BCUT2D eigenvalue weighted by atomic mass is 10.0. The number of carbonyl (C=O) groups excluding carboxylic acids is 2. The molecule has 1 N–H and O–H groups in total. The smallest absolute Gasteiger partial charge is 0.254 e. The topological polar surface area (TPSA) is 67.2 Å². The molecule has 0 aliphatic heterocycles. The van der Waals surface area contributed by atoms with Crippen LogP contribution < -0.4 is 5.32 Å². The van der Waals surface area contributed by atoms with E-state index >= 15 is 0 Å². The maximum atomic E-state index is 13.4. The van der Waals surface area contributed by atoms with Crippen molar-refractivity contribution in [3.63, 3.8) is 0 Å². The van der Waals surface area contributed by atoms with Gasteiger partial charge in [-0.05, 0) is 61.2 Å². The van der Waals surface area contributed by atoms with E-state index in [0.717, 1.165) is 36.2 Å². The van der Waals surface area contributed by atoms with Crippen LogP contribution in [0.2, 0.25) is 5.02 Å². The Morgan fingerprint density at radius 1 is 0.875 bits per heavy atom. The summed E-state index contributed by atoms with van der Waals surface area (Å²) in [5.41, 5.74) is 4.25. The first-order chi connectivity index (χ1) is 19.5. The fourth-order valence-electron chi connectivity index (χ4n) is 4.63. The van der Waals surface area contributed by atoms with Gasteiger partial charge in [0.2, 0.25) is 5.91 Å². The molecule has 7 heteroatoms. The third-order valence-electron chi connectivity index (χ3n) is 6.75. The van der Waals surface area contributed by atoms with Crippen LogP contribution >= 0.6 is 11.6 Å². The summed E-state index contributed by atoms with van der Waals surface area (Å²) >= 11 is 6.10. The average molecular weight is 557 g/mol. The molecule has 6 nitrogen and oxygen atoms in total. The molecule has 208 valence electrons. The number of rotatable bonds is 13. The molecule has 1 aromatic heterocycles. The Hall–Kier alpha value is -3.90. The minimum Gasteiger partial charge on any atom is -0.329 e. The molecular weight excluding hydrogens is 520 g/mol. The number of hydrogen-bond donors (Lipinski definition) is 1. The van der Waals surface area contributed by atoms with E-state index < -0.39 is 0 Å². The first kappa shape index (κ1) is 29.1. The highest BCUT2D eigenvalue weighted by molar-refractivity contribution is 6.30. The molecule has 1 heterocycles. The van der Waals surface area contributed by atoms with E-state index in [1.807, 2.05) is 79.7 Å². The lowest BCUT2D eigenvalue weighted by Gasteiger charge is -2.22. The standard InChI is InChI=1S/C33H37ClN4O2/c1-3-5-6-8-11-25-14-16-27(17-15-25)33(40)37(22-4-2)24-32(39)35-31-23-30(26-12-9-7-10-13-26)36-38(31)29-20-18-28(34)19-21-29/h7,9-10,12-21,23H,3-6,8,11,22,24H2,1-2H3,(H,35,39). The minimum atomic E-state index is -0.288. The number of carbonyl (C=O) groups is 2. The first-order valence-corrected chi connectivity index (χ1v) is 14.5. The monoisotopic (exact) mass is 556 g/mol. The van der Waals surface area contributed by atoms with Gasteiger partial charge in [-0.3, -0.25) is 9.59 Å². The van der Waals surface area contributed by atoms with Gasteiger partial charge in [0.1, 0.15) is 12.4 Å². The van der Waals surface area contributed by atoms with E-state index in [1.165, 1.54) is 24.8 Å². The number of anilines is 1. The highest BCUT2D eigenvalue weighted by Gasteiger charge is 2.20. The van der Waals surface area contributed by atoms with Gasteiger partial charge in [-0.15, -0.1) is 0 Å². The average Bonchev–Trinajstić information content (AvgIpc) is 3.39. The Bertz CT molecular complexity index is 1380. The van der Waals surface area contributed by atoms with Crippen LogP contribution in [0.1, 0.15) is 61.9 Å². The van der Waals surface area contributed by atoms with Gasteiger partial charge in [0.25, 0.3) is 5.91 Å². The molecule has 4 aromatic rings. The molecule has 0 fully saturated rings. The van der Waals surface area contributed by atoms with Crippen molar-refractivity contribution in [3.8, 4) is 16.9 Å². The zero-order valence-corrected chi connectivity index (χ0v) is 24.0. The van der Waals surface area contributed by atoms with E-state index in [4.69, 9.17) is 16.7 Å². The van der Waals surface area contributed by atoms with Crippen LogP contribution in [-0.4, -0.2) is 39.6 Å². The second kappa shape index (κ2) is 14.5. The molecule has 2 amide bonds. The van der Waals surface area contributed by atoms with Gasteiger partial charge in [-0.25, -0.2) is 4.68 Å². The third-order valence-corrected chi connectivity index (χ3v) is 7.00. The van der Waals surface area contributed by atoms with Gasteiger partial charge in [-0.1, -0.05) is 87.2 Å². The van der Waals surface area contributed by atoms with Crippen molar-refractivity contribution in [3.05, 3.63) is 101 Å². The van der Waals surface area contributed by atoms with Crippen LogP contribution in [0.25, 0.3) is 16.9 Å². The van der Waals surface area contributed by atoms with Gasteiger partial charge >= 0.3 is 0 Å². The van der Waals surface area contributed by atoms with E-state index in [-0.39, 0.29) is 18.4 Å². The van der Waals surface area contributed by atoms with Gasteiger partial charge in [0.05, 0.1) is 11.4 Å². The second-order valence-corrected chi connectivity index (χ2v) is 10.4. The molecular formula is C33H37ClN4O2. The quantitative estimate of drug-likeness (QED) is 0.171. The number of nitrogens with zero attached hydrogens (tertiary/aromatic N) is 3. The number of amides is 2. The van der Waals surface area contributed by atoms with Crippen molar-refractivity contribution in [1.29, 1.82) is 0 Å². The molecule has 40 heavy (non-hydrogen) atoms. The Morgan fingerprint density at radius 2 is 1.60 bits per heavy atom. The predicted molar refractivity (Wildman–Crippen MR) is 163 cm³/mol. The number of aryl methyl sites for hydroxylation is 1. The molecule has 0 atom stereocenters. The fourth-order valence-corrected chi connectivity index (χ4v) is 4.76. The van der Waals surface area contributed by atoms with Crippen molar-refractivity contribution in [2.45, 2.75) is 52.4 Å². The lowest BCUT2D eigenvalue weighted by Crippen LogP contribution is -2.38. The van der Waals surface area contributed by atoms with Crippen molar-refractivity contribution < 1.29 is 9.59 Å². The Balaban J connectivity index is 1.49. The summed E-state index contributed by atoms with van der Waals surface area (Å²) in [6.45, 7) is 4.63. The molecule has 0 radical (unpaired) electrons. The maximum Gasteiger partial charge on any atom is 0.254 e. The summed E-state index contributed by atoms with van der Waals surface area (Å²) in [5, 5.41) is 8.35. The largest absolute Gasteiger partial charge is 0.329 e. The van der Waals surface area contributed by atoms with Crippen molar-refractivity contribution in [2.75, 3.05) is 18.4 Å². The summed E-state index contributed by atoms with van der Waals surface area (Å²) in [7, 11) is 0. The SMILES string of the molecule is CCCCCCc1ccc(C(=O)N(CCC)CC(=O)Nc2cc(-c3ccccc3)nn2-c2ccc(Cl)cc2)cc1. The zero-order valence-electron chi connectivity index (χ0n) is 23.3. The molecule has 0 spiro atoms. The van der Waals surface area contributed by atoms with Crippen LogP contribution in [0.5, 0.6) is 0 Å². The zero-order chi connectivity index (χ0) is 28.3. The molecule has 0 aliphatic rings. The summed E-state index contributed by atoms with van der Waals surface area (Å²) in [6, 6.07) is 26.7. The van der Waals surface area contributed by atoms with Crippen molar-refractivity contribution >= 4 is 29.2 Å². The maximum absolute atomic E-state index is 13.4. The number of halogens is 1. The first-order valence-electron chi connectivity index (χ1n) is 14.1. The van der Waals surface area contributed by atoms with Crippen LogP contribution in [0.4, 0.5) is 5.82 Å². The highest BCUT2D eigenvalue weighted by Crippen LogP contribution is 2.25. The van der Waals surface area contributed by atoms with Crippen LogP contribution in [0, 0.1) is 0 Å². The van der Waals surface area contributed by atoms with Gasteiger partial charge in [0.15, 0.2) is 0 Å². The molecule has 0 unspecified atom stereocenters.